The standard InChI is InChI=1S/C23H37N5.HI/c1-5-19-9-8-10-21-20(15-26-22(19)21)11-13-25-23(24-4)28-14-12-18(17-28)16-27(6-2)7-3;/h8-10,15,18,26H,5-7,11-14,16-17H2,1-4H3,(H,24,25);1H. The maximum absolute atomic E-state index is 4.54. The van der Waals surface area contributed by atoms with E-state index in [9.17, 15) is 0 Å². The number of aryl methyl sites for hydroxylation is 1. The lowest BCUT2D eigenvalue weighted by atomic mass is 10.1. The molecule has 2 aromatic rings. The molecule has 6 heteroatoms. The van der Waals surface area contributed by atoms with Gasteiger partial charge in [0.25, 0.3) is 0 Å². The zero-order chi connectivity index (χ0) is 19.9. The highest BCUT2D eigenvalue weighted by Crippen LogP contribution is 2.22. The highest BCUT2D eigenvalue weighted by Gasteiger charge is 2.25. The van der Waals surface area contributed by atoms with E-state index in [1.54, 1.807) is 0 Å². The molecular weight excluding hydrogens is 473 g/mol. The summed E-state index contributed by atoms with van der Waals surface area (Å²) in [5.41, 5.74) is 4.07. The summed E-state index contributed by atoms with van der Waals surface area (Å²) in [7, 11) is 1.90. The predicted octanol–water partition coefficient (Wildman–Crippen LogP) is 4.13. The first-order chi connectivity index (χ1) is 13.7. The molecule has 0 aliphatic carbocycles. The second kappa shape index (κ2) is 11.8. The van der Waals surface area contributed by atoms with E-state index >= 15 is 0 Å². The van der Waals surface area contributed by atoms with Crippen LogP contribution >= 0.6 is 24.0 Å². The van der Waals surface area contributed by atoms with Gasteiger partial charge in [-0.05, 0) is 49.4 Å². The van der Waals surface area contributed by atoms with Crippen LogP contribution in [0.25, 0.3) is 10.9 Å². The summed E-state index contributed by atoms with van der Waals surface area (Å²) in [4.78, 5) is 13.0. The van der Waals surface area contributed by atoms with Crippen molar-refractivity contribution in [3.63, 3.8) is 0 Å². The number of fused-ring (bicyclic) bond motifs is 1. The lowest BCUT2D eigenvalue weighted by molar-refractivity contribution is 0.255. The molecule has 0 radical (unpaired) electrons. The molecule has 1 fully saturated rings. The highest BCUT2D eigenvalue weighted by molar-refractivity contribution is 14.0. The van der Waals surface area contributed by atoms with E-state index in [1.807, 2.05) is 7.05 Å². The fourth-order valence-corrected chi connectivity index (χ4v) is 4.44. The Hall–Kier alpha value is -1.28. The van der Waals surface area contributed by atoms with Gasteiger partial charge in [0.15, 0.2) is 5.96 Å². The molecule has 5 nitrogen and oxygen atoms in total. The Labute approximate surface area is 193 Å². The Bertz CT molecular complexity index is 781. The third-order valence-corrected chi connectivity index (χ3v) is 6.15. The van der Waals surface area contributed by atoms with Crippen LogP contribution in [0.4, 0.5) is 0 Å². The van der Waals surface area contributed by atoms with Gasteiger partial charge >= 0.3 is 0 Å². The van der Waals surface area contributed by atoms with Crippen molar-refractivity contribution in [2.24, 2.45) is 10.9 Å². The van der Waals surface area contributed by atoms with Gasteiger partial charge in [0.2, 0.25) is 0 Å². The smallest absolute Gasteiger partial charge is 0.193 e. The summed E-state index contributed by atoms with van der Waals surface area (Å²) in [6.07, 6.45) is 5.50. The molecular formula is C23H38IN5. The molecule has 1 saturated heterocycles. The molecule has 3 rings (SSSR count). The average molecular weight is 511 g/mol. The van der Waals surface area contributed by atoms with E-state index in [2.05, 4.69) is 70.3 Å². The minimum Gasteiger partial charge on any atom is -0.361 e. The van der Waals surface area contributed by atoms with Crippen LogP contribution < -0.4 is 5.32 Å². The summed E-state index contributed by atoms with van der Waals surface area (Å²) in [5.74, 6) is 1.80. The number of aliphatic imine (C=N–C) groups is 1. The van der Waals surface area contributed by atoms with Crippen LogP contribution in [0.15, 0.2) is 29.4 Å². The quantitative estimate of drug-likeness (QED) is 0.319. The number of nitrogens with zero attached hydrogens (tertiary/aromatic N) is 3. The van der Waals surface area contributed by atoms with Crippen LogP contribution in [0.2, 0.25) is 0 Å². The van der Waals surface area contributed by atoms with Crippen molar-refractivity contribution < 1.29 is 0 Å². The summed E-state index contributed by atoms with van der Waals surface area (Å²) < 4.78 is 0. The second-order valence-electron chi connectivity index (χ2n) is 7.82. The van der Waals surface area contributed by atoms with Crippen LogP contribution in [0.5, 0.6) is 0 Å². The zero-order valence-electron chi connectivity index (χ0n) is 18.5. The first-order valence-electron chi connectivity index (χ1n) is 11.0. The molecule has 29 heavy (non-hydrogen) atoms. The minimum atomic E-state index is 0. The van der Waals surface area contributed by atoms with Crippen molar-refractivity contribution in [1.29, 1.82) is 0 Å². The summed E-state index contributed by atoms with van der Waals surface area (Å²) in [6, 6.07) is 6.61. The van der Waals surface area contributed by atoms with E-state index < -0.39 is 0 Å². The lowest BCUT2D eigenvalue weighted by Crippen LogP contribution is -2.41. The van der Waals surface area contributed by atoms with Crippen molar-refractivity contribution >= 4 is 40.8 Å². The van der Waals surface area contributed by atoms with E-state index in [0.717, 1.165) is 57.4 Å². The molecule has 162 valence electrons. The number of H-pyrrole nitrogens is 1. The van der Waals surface area contributed by atoms with E-state index in [4.69, 9.17) is 0 Å². The Morgan fingerprint density at radius 2 is 2.03 bits per heavy atom. The number of nitrogens with one attached hydrogen (secondary N) is 2. The Morgan fingerprint density at radius 1 is 1.24 bits per heavy atom. The molecule has 1 unspecified atom stereocenters. The lowest BCUT2D eigenvalue weighted by Gasteiger charge is -2.24. The molecule has 2 heterocycles. The van der Waals surface area contributed by atoms with E-state index in [0.29, 0.717) is 0 Å². The third-order valence-electron chi connectivity index (χ3n) is 6.15. The van der Waals surface area contributed by atoms with Crippen molar-refractivity contribution in [3.8, 4) is 0 Å². The predicted molar refractivity (Wildman–Crippen MR) is 136 cm³/mol. The van der Waals surface area contributed by atoms with Crippen molar-refractivity contribution in [3.05, 3.63) is 35.5 Å². The third kappa shape index (κ3) is 5.87. The first kappa shape index (κ1) is 24.0. The second-order valence-corrected chi connectivity index (χ2v) is 7.82. The van der Waals surface area contributed by atoms with Gasteiger partial charge in [-0.2, -0.15) is 0 Å². The Morgan fingerprint density at radius 3 is 2.72 bits per heavy atom. The molecule has 0 spiro atoms. The maximum atomic E-state index is 4.54. The number of hydrogen-bond donors (Lipinski definition) is 2. The van der Waals surface area contributed by atoms with Gasteiger partial charge in [-0.15, -0.1) is 24.0 Å². The topological polar surface area (TPSA) is 46.7 Å². The molecule has 2 N–H and O–H groups in total. The van der Waals surface area contributed by atoms with Crippen LogP contribution in [0.1, 0.15) is 38.3 Å². The number of aromatic nitrogens is 1. The number of guanidine groups is 1. The zero-order valence-corrected chi connectivity index (χ0v) is 20.8. The molecule has 1 aliphatic rings. The van der Waals surface area contributed by atoms with Gasteiger partial charge in [0.05, 0.1) is 0 Å². The molecule has 1 aliphatic heterocycles. The largest absolute Gasteiger partial charge is 0.361 e. The molecule has 0 saturated carbocycles. The molecule has 0 amide bonds. The highest BCUT2D eigenvalue weighted by atomic mass is 127. The number of rotatable bonds is 8. The SMILES string of the molecule is CCc1cccc2c(CCNC(=NC)N3CCC(CN(CC)CC)C3)c[nH]c12.I. The Kier molecular flexibility index (Phi) is 9.75. The number of para-hydroxylation sites is 1. The van der Waals surface area contributed by atoms with Crippen LogP contribution in [0, 0.1) is 5.92 Å². The van der Waals surface area contributed by atoms with Crippen molar-refractivity contribution in [2.75, 3.05) is 46.3 Å². The number of benzene rings is 1. The van der Waals surface area contributed by atoms with Gasteiger partial charge in [-0.25, -0.2) is 0 Å². The van der Waals surface area contributed by atoms with Crippen molar-refractivity contribution in [1.82, 2.24) is 20.1 Å². The Balaban J connectivity index is 0.00000300. The van der Waals surface area contributed by atoms with Gasteiger partial charge in [0.1, 0.15) is 0 Å². The average Bonchev–Trinajstić information content (AvgIpc) is 3.36. The van der Waals surface area contributed by atoms with E-state index in [-0.39, 0.29) is 24.0 Å². The fourth-order valence-electron chi connectivity index (χ4n) is 4.44. The normalized spacial score (nSPS) is 17.2. The number of aromatic amines is 1. The fraction of sp³-hybridized carbons (Fsp3) is 0.609. The summed E-state index contributed by atoms with van der Waals surface area (Å²) in [6.45, 7) is 13.3. The first-order valence-corrected chi connectivity index (χ1v) is 11.0. The molecule has 1 aromatic heterocycles. The van der Waals surface area contributed by atoms with E-state index in [1.165, 1.54) is 35.0 Å². The monoisotopic (exact) mass is 511 g/mol. The number of halogens is 1. The minimum absolute atomic E-state index is 0. The van der Waals surface area contributed by atoms with Crippen LogP contribution in [-0.4, -0.2) is 67.1 Å². The molecule has 1 aromatic carbocycles. The number of hydrogen-bond acceptors (Lipinski definition) is 2. The van der Waals surface area contributed by atoms with Gasteiger partial charge in [-0.3, -0.25) is 4.99 Å². The summed E-state index contributed by atoms with van der Waals surface area (Å²) in [5, 5.41) is 4.95. The van der Waals surface area contributed by atoms with Gasteiger partial charge < -0.3 is 20.1 Å². The maximum Gasteiger partial charge on any atom is 0.193 e. The van der Waals surface area contributed by atoms with Gasteiger partial charge in [0, 0.05) is 50.3 Å². The van der Waals surface area contributed by atoms with Crippen LogP contribution in [-0.2, 0) is 12.8 Å². The number of likely N-dealkylation sites (tertiary alicyclic amines) is 1. The molecule has 0 bridgehead atoms. The molecule has 1 atom stereocenters. The van der Waals surface area contributed by atoms with Gasteiger partial charge in [-0.1, -0.05) is 39.0 Å². The van der Waals surface area contributed by atoms with Crippen LogP contribution in [0.3, 0.4) is 0 Å². The van der Waals surface area contributed by atoms with Crippen molar-refractivity contribution in [2.45, 2.75) is 40.0 Å². The summed E-state index contributed by atoms with van der Waals surface area (Å²) >= 11 is 0.